The zero-order valence-corrected chi connectivity index (χ0v) is 13.2. The van der Waals surface area contributed by atoms with Crippen LogP contribution in [0.15, 0.2) is 24.3 Å². The molecule has 1 N–H and O–H groups in total. The lowest BCUT2D eigenvalue weighted by Crippen LogP contribution is -2.16. The van der Waals surface area contributed by atoms with Crippen LogP contribution in [-0.4, -0.2) is 23.4 Å². The molecule has 0 spiro atoms. The molecule has 3 heteroatoms. The van der Waals surface area contributed by atoms with Gasteiger partial charge in [-0.2, -0.15) is 5.10 Å². The van der Waals surface area contributed by atoms with Crippen LogP contribution in [0.4, 0.5) is 0 Å². The second-order valence-corrected chi connectivity index (χ2v) is 5.63. The van der Waals surface area contributed by atoms with Gasteiger partial charge in [0.2, 0.25) is 0 Å². The lowest BCUT2D eigenvalue weighted by Gasteiger charge is -2.12. The van der Waals surface area contributed by atoms with Crippen LogP contribution < -0.4 is 5.32 Å². The lowest BCUT2D eigenvalue weighted by molar-refractivity contribution is 0.646. The van der Waals surface area contributed by atoms with Crippen LogP contribution in [0, 0.1) is 20.8 Å². The minimum Gasteiger partial charge on any atom is -0.319 e. The van der Waals surface area contributed by atoms with Crippen LogP contribution in [0.1, 0.15) is 40.9 Å². The molecule has 0 radical (unpaired) electrons. The second kappa shape index (κ2) is 6.23. The predicted molar refractivity (Wildman–Crippen MR) is 84.3 cm³/mol. The summed E-state index contributed by atoms with van der Waals surface area (Å²) in [6.07, 6.45) is 0. The van der Waals surface area contributed by atoms with E-state index in [2.05, 4.69) is 62.0 Å². The van der Waals surface area contributed by atoms with Crippen molar-refractivity contribution in [3.63, 3.8) is 0 Å². The third kappa shape index (κ3) is 2.93. The van der Waals surface area contributed by atoms with Crippen molar-refractivity contribution in [2.75, 3.05) is 13.6 Å². The Morgan fingerprint density at radius 3 is 2.55 bits per heavy atom. The summed E-state index contributed by atoms with van der Waals surface area (Å²) in [6.45, 7) is 10.5. The van der Waals surface area contributed by atoms with Gasteiger partial charge in [0.1, 0.15) is 0 Å². The number of aromatic nitrogens is 2. The molecule has 1 aromatic heterocycles. The number of nitrogens with one attached hydrogen (secondary N) is 1. The first-order valence-corrected chi connectivity index (χ1v) is 7.27. The van der Waals surface area contributed by atoms with E-state index in [1.807, 2.05) is 7.05 Å². The molecular weight excluding hydrogens is 246 g/mol. The molecule has 0 aliphatic rings. The molecule has 0 amide bonds. The van der Waals surface area contributed by atoms with Crippen LogP contribution in [-0.2, 0) is 6.54 Å². The predicted octanol–water partition coefficient (Wildman–Crippen LogP) is 3.18. The largest absolute Gasteiger partial charge is 0.319 e. The molecule has 0 saturated carbocycles. The quantitative estimate of drug-likeness (QED) is 0.905. The standard InChI is InChI=1S/C17H25N3/c1-12-8-6-7-9-16(12)11-20-15(4)17(14(3)19-20)13(2)10-18-5/h6-9,13,18H,10-11H2,1-5H3. The van der Waals surface area contributed by atoms with Crippen LogP contribution in [0.25, 0.3) is 0 Å². The Balaban J connectivity index is 2.31. The highest BCUT2D eigenvalue weighted by Crippen LogP contribution is 2.23. The number of aryl methyl sites for hydroxylation is 2. The molecule has 2 aromatic rings. The highest BCUT2D eigenvalue weighted by molar-refractivity contribution is 5.31. The fourth-order valence-electron chi connectivity index (χ4n) is 2.93. The zero-order valence-electron chi connectivity index (χ0n) is 13.2. The first kappa shape index (κ1) is 14.8. The molecule has 2 rings (SSSR count). The molecule has 0 bridgehead atoms. The summed E-state index contributed by atoms with van der Waals surface area (Å²) in [5.74, 6) is 0.491. The van der Waals surface area contributed by atoms with Gasteiger partial charge in [0, 0.05) is 17.8 Å². The molecule has 1 heterocycles. The number of nitrogens with zero attached hydrogens (tertiary/aromatic N) is 2. The summed E-state index contributed by atoms with van der Waals surface area (Å²) in [5.41, 5.74) is 6.48. The maximum Gasteiger partial charge on any atom is 0.0665 e. The average Bonchev–Trinajstić information content (AvgIpc) is 2.67. The monoisotopic (exact) mass is 271 g/mol. The third-order valence-corrected chi connectivity index (χ3v) is 4.02. The fourth-order valence-corrected chi connectivity index (χ4v) is 2.93. The van der Waals surface area contributed by atoms with Gasteiger partial charge >= 0.3 is 0 Å². The van der Waals surface area contributed by atoms with Crippen molar-refractivity contribution in [2.24, 2.45) is 0 Å². The van der Waals surface area contributed by atoms with E-state index < -0.39 is 0 Å². The summed E-state index contributed by atoms with van der Waals surface area (Å²) >= 11 is 0. The molecule has 1 aromatic carbocycles. The van der Waals surface area contributed by atoms with Gasteiger partial charge in [0.25, 0.3) is 0 Å². The van der Waals surface area contributed by atoms with E-state index in [1.165, 1.54) is 22.4 Å². The molecule has 20 heavy (non-hydrogen) atoms. The minimum atomic E-state index is 0.491. The van der Waals surface area contributed by atoms with Gasteiger partial charge in [-0.05, 0) is 44.9 Å². The Hall–Kier alpha value is -1.61. The highest BCUT2D eigenvalue weighted by atomic mass is 15.3. The van der Waals surface area contributed by atoms with Crippen molar-refractivity contribution >= 4 is 0 Å². The van der Waals surface area contributed by atoms with Crippen LogP contribution in [0.2, 0.25) is 0 Å². The van der Waals surface area contributed by atoms with Crippen molar-refractivity contribution in [3.05, 3.63) is 52.3 Å². The van der Waals surface area contributed by atoms with Crippen molar-refractivity contribution in [1.82, 2.24) is 15.1 Å². The molecule has 108 valence electrons. The first-order chi connectivity index (χ1) is 9.54. The fraction of sp³-hybridized carbons (Fsp3) is 0.471. The summed E-state index contributed by atoms with van der Waals surface area (Å²) in [7, 11) is 2.00. The number of hydrogen-bond acceptors (Lipinski definition) is 2. The van der Waals surface area contributed by atoms with E-state index in [1.54, 1.807) is 0 Å². The van der Waals surface area contributed by atoms with Crippen LogP contribution in [0.5, 0.6) is 0 Å². The van der Waals surface area contributed by atoms with Gasteiger partial charge in [-0.25, -0.2) is 0 Å². The van der Waals surface area contributed by atoms with Gasteiger partial charge in [-0.15, -0.1) is 0 Å². The number of benzene rings is 1. The van der Waals surface area contributed by atoms with E-state index in [0.29, 0.717) is 5.92 Å². The van der Waals surface area contributed by atoms with Gasteiger partial charge in [0.15, 0.2) is 0 Å². The van der Waals surface area contributed by atoms with E-state index in [9.17, 15) is 0 Å². The maximum absolute atomic E-state index is 4.74. The smallest absolute Gasteiger partial charge is 0.0665 e. The zero-order chi connectivity index (χ0) is 14.7. The van der Waals surface area contributed by atoms with Gasteiger partial charge < -0.3 is 5.32 Å². The molecule has 3 nitrogen and oxygen atoms in total. The Morgan fingerprint density at radius 1 is 1.20 bits per heavy atom. The summed E-state index contributed by atoms with van der Waals surface area (Å²) in [4.78, 5) is 0. The topological polar surface area (TPSA) is 29.9 Å². The molecule has 0 fully saturated rings. The molecule has 0 aliphatic carbocycles. The van der Waals surface area contributed by atoms with E-state index in [-0.39, 0.29) is 0 Å². The Kier molecular flexibility index (Phi) is 4.61. The van der Waals surface area contributed by atoms with Gasteiger partial charge in [-0.1, -0.05) is 31.2 Å². The van der Waals surface area contributed by atoms with Gasteiger partial charge in [-0.3, -0.25) is 4.68 Å². The minimum absolute atomic E-state index is 0.491. The Labute approximate surface area is 122 Å². The molecule has 1 unspecified atom stereocenters. The van der Waals surface area contributed by atoms with Gasteiger partial charge in [0.05, 0.1) is 12.2 Å². The SMILES string of the molecule is CNCC(C)c1c(C)nn(Cc2ccccc2C)c1C. The first-order valence-electron chi connectivity index (χ1n) is 7.27. The van der Waals surface area contributed by atoms with Crippen molar-refractivity contribution in [2.45, 2.75) is 40.2 Å². The normalized spacial score (nSPS) is 12.7. The highest BCUT2D eigenvalue weighted by Gasteiger charge is 2.17. The van der Waals surface area contributed by atoms with Crippen molar-refractivity contribution in [1.29, 1.82) is 0 Å². The second-order valence-electron chi connectivity index (χ2n) is 5.63. The van der Waals surface area contributed by atoms with Crippen molar-refractivity contribution < 1.29 is 0 Å². The summed E-state index contributed by atoms with van der Waals surface area (Å²) in [6, 6.07) is 8.52. The molecular formula is C17H25N3. The Bertz CT molecular complexity index is 584. The number of rotatable bonds is 5. The number of likely N-dealkylation sites (N-methyl/N-ethyl adjacent to an activating group) is 1. The molecule has 0 saturated heterocycles. The number of hydrogen-bond donors (Lipinski definition) is 1. The Morgan fingerprint density at radius 2 is 1.90 bits per heavy atom. The van der Waals surface area contributed by atoms with Crippen molar-refractivity contribution in [3.8, 4) is 0 Å². The lowest BCUT2D eigenvalue weighted by atomic mass is 9.99. The average molecular weight is 271 g/mol. The van der Waals surface area contributed by atoms with E-state index in [0.717, 1.165) is 18.8 Å². The third-order valence-electron chi connectivity index (χ3n) is 4.02. The molecule has 1 atom stereocenters. The summed E-state index contributed by atoms with van der Waals surface area (Å²) < 4.78 is 2.14. The van der Waals surface area contributed by atoms with Crippen LogP contribution >= 0.6 is 0 Å². The van der Waals surface area contributed by atoms with Crippen LogP contribution in [0.3, 0.4) is 0 Å². The maximum atomic E-state index is 4.74. The van der Waals surface area contributed by atoms with E-state index in [4.69, 9.17) is 5.10 Å². The molecule has 0 aliphatic heterocycles. The summed E-state index contributed by atoms with van der Waals surface area (Å²) in [5, 5.41) is 7.99. The van der Waals surface area contributed by atoms with E-state index >= 15 is 0 Å².